The fourth-order valence-corrected chi connectivity index (χ4v) is 0.946. The zero-order valence-electron chi connectivity index (χ0n) is 7.73. The average molecular weight is 178 g/mol. The molecule has 0 aromatic heterocycles. The fourth-order valence-electron chi connectivity index (χ4n) is 0.946. The van der Waals surface area contributed by atoms with Crippen LogP contribution in [0.2, 0.25) is 0 Å². The number of hydrogen-bond acceptors (Lipinski definition) is 5. The van der Waals surface area contributed by atoms with Crippen molar-refractivity contribution in [2.24, 2.45) is 5.73 Å². The highest BCUT2D eigenvalue weighted by Gasteiger charge is 2.24. The number of nitrogens with two attached hydrogens (primary N) is 1. The van der Waals surface area contributed by atoms with Gasteiger partial charge in [0.2, 0.25) is 0 Å². The van der Waals surface area contributed by atoms with E-state index in [4.69, 9.17) is 15.9 Å². The van der Waals surface area contributed by atoms with Crippen LogP contribution in [0.3, 0.4) is 0 Å². The van der Waals surface area contributed by atoms with E-state index in [1.165, 1.54) is 25.7 Å². The summed E-state index contributed by atoms with van der Waals surface area (Å²) in [5.74, 6) is 0. The van der Waals surface area contributed by atoms with Gasteiger partial charge in [-0.3, -0.25) is 0 Å². The second kappa shape index (κ2) is 4.15. The van der Waals surface area contributed by atoms with E-state index in [1.54, 1.807) is 0 Å². The van der Waals surface area contributed by atoms with Crippen molar-refractivity contribution in [1.82, 2.24) is 4.90 Å². The highest BCUT2D eigenvalue weighted by atomic mass is 16.3. The van der Waals surface area contributed by atoms with Crippen LogP contribution in [0.1, 0.15) is 20.8 Å². The van der Waals surface area contributed by atoms with Gasteiger partial charge in [0.25, 0.3) is 0 Å². The summed E-state index contributed by atoms with van der Waals surface area (Å²) in [5.41, 5.74) is 3.89. The predicted molar refractivity (Wildman–Crippen MR) is 44.9 cm³/mol. The summed E-state index contributed by atoms with van der Waals surface area (Å²) in [4.78, 5) is 1.28. The molecule has 3 atom stereocenters. The van der Waals surface area contributed by atoms with E-state index in [0.29, 0.717) is 0 Å². The van der Waals surface area contributed by atoms with Crippen LogP contribution >= 0.6 is 0 Å². The molecule has 0 saturated heterocycles. The van der Waals surface area contributed by atoms with Crippen LogP contribution in [0.25, 0.3) is 0 Å². The second-order valence-corrected chi connectivity index (χ2v) is 3.29. The Morgan fingerprint density at radius 2 is 1.67 bits per heavy atom. The predicted octanol–water partition coefficient (Wildman–Crippen LogP) is -1.37. The molecule has 0 rings (SSSR count). The van der Waals surface area contributed by atoms with Crippen LogP contribution in [0.4, 0.5) is 0 Å². The summed E-state index contributed by atoms with van der Waals surface area (Å²) < 4.78 is 0. The van der Waals surface area contributed by atoms with Gasteiger partial charge in [-0.2, -0.15) is 0 Å². The molecule has 5 heteroatoms. The lowest BCUT2D eigenvalue weighted by atomic mass is 10.2. The van der Waals surface area contributed by atoms with Crippen molar-refractivity contribution in [1.29, 1.82) is 0 Å². The van der Waals surface area contributed by atoms with Crippen LogP contribution in [0.5, 0.6) is 0 Å². The second-order valence-electron chi connectivity index (χ2n) is 3.29. The van der Waals surface area contributed by atoms with Crippen LogP contribution in [0.15, 0.2) is 0 Å². The van der Waals surface area contributed by atoms with Gasteiger partial charge in [-0.05, 0) is 20.8 Å². The first-order chi connectivity index (χ1) is 5.24. The molecule has 0 bridgehead atoms. The summed E-state index contributed by atoms with van der Waals surface area (Å²) in [6.07, 6.45) is -1.67. The highest BCUT2D eigenvalue weighted by Crippen LogP contribution is 2.05. The summed E-state index contributed by atoms with van der Waals surface area (Å²) in [6, 6.07) is 0. The van der Waals surface area contributed by atoms with Gasteiger partial charge in [0.15, 0.2) is 0 Å². The molecule has 0 saturated carbocycles. The van der Waals surface area contributed by atoms with Crippen molar-refractivity contribution in [2.45, 2.75) is 39.0 Å². The number of hydrogen-bond donors (Lipinski definition) is 4. The van der Waals surface area contributed by atoms with Gasteiger partial charge < -0.3 is 21.1 Å². The van der Waals surface area contributed by atoms with Crippen LogP contribution in [-0.4, -0.2) is 44.9 Å². The Hall–Kier alpha value is -0.200. The van der Waals surface area contributed by atoms with Crippen LogP contribution in [-0.2, 0) is 0 Å². The van der Waals surface area contributed by atoms with Crippen LogP contribution in [0, 0.1) is 0 Å². The van der Waals surface area contributed by atoms with Crippen molar-refractivity contribution in [3.63, 3.8) is 0 Å². The molecule has 3 unspecified atom stereocenters. The lowest BCUT2D eigenvalue weighted by Crippen LogP contribution is -2.53. The third-order valence-electron chi connectivity index (χ3n) is 1.46. The van der Waals surface area contributed by atoms with Crippen molar-refractivity contribution in [2.75, 3.05) is 6.54 Å². The first-order valence-corrected chi connectivity index (χ1v) is 3.87. The van der Waals surface area contributed by atoms with Gasteiger partial charge in [0.1, 0.15) is 18.2 Å². The molecule has 0 aromatic rings. The number of aliphatic hydroxyl groups is 3. The Morgan fingerprint density at radius 1 is 1.33 bits per heavy atom. The zero-order chi connectivity index (χ0) is 9.94. The smallest absolute Gasteiger partial charge is 0.123 e. The first-order valence-electron chi connectivity index (χ1n) is 3.87. The first kappa shape index (κ1) is 11.8. The summed E-state index contributed by atoms with van der Waals surface area (Å²) in [5, 5.41) is 27.5. The Labute approximate surface area is 72.4 Å². The fraction of sp³-hybridized carbons (Fsp3) is 1.00. The lowest BCUT2D eigenvalue weighted by Gasteiger charge is -2.32. The maximum atomic E-state index is 9.20. The minimum absolute atomic E-state index is 0.0162. The third-order valence-corrected chi connectivity index (χ3v) is 1.46. The van der Waals surface area contributed by atoms with Gasteiger partial charge in [0, 0.05) is 6.54 Å². The van der Waals surface area contributed by atoms with Crippen molar-refractivity contribution >= 4 is 0 Å². The topological polar surface area (TPSA) is 90.0 Å². The maximum absolute atomic E-state index is 9.20. The van der Waals surface area contributed by atoms with Gasteiger partial charge in [-0.25, -0.2) is 4.90 Å². The molecule has 12 heavy (non-hydrogen) atoms. The molecular formula is C7H18N2O3. The molecule has 0 aliphatic carbocycles. The standard InChI is InChI=1S/C7H18N2O3/c1-5(10)9(6(2)11)4-7(3,8)12/h5-6,10-12H,4,8H2,1-3H3. The lowest BCUT2D eigenvalue weighted by molar-refractivity contribution is -0.118. The van der Waals surface area contributed by atoms with Gasteiger partial charge in [-0.15, -0.1) is 0 Å². The van der Waals surface area contributed by atoms with E-state index < -0.39 is 18.2 Å². The molecule has 0 radical (unpaired) electrons. The normalized spacial score (nSPS) is 22.0. The van der Waals surface area contributed by atoms with Gasteiger partial charge in [0.05, 0.1) is 0 Å². The number of aliphatic hydroxyl groups excluding tert-OH is 2. The Kier molecular flexibility index (Phi) is 4.09. The van der Waals surface area contributed by atoms with E-state index in [0.717, 1.165) is 0 Å². The molecule has 0 heterocycles. The Morgan fingerprint density at radius 3 is 1.75 bits per heavy atom. The van der Waals surface area contributed by atoms with E-state index in [-0.39, 0.29) is 6.54 Å². The third kappa shape index (κ3) is 4.63. The van der Waals surface area contributed by atoms with E-state index in [9.17, 15) is 5.11 Å². The minimum Gasteiger partial charge on any atom is -0.379 e. The molecule has 5 N–H and O–H groups in total. The molecule has 0 aliphatic rings. The van der Waals surface area contributed by atoms with Gasteiger partial charge >= 0.3 is 0 Å². The van der Waals surface area contributed by atoms with Crippen molar-refractivity contribution in [3.8, 4) is 0 Å². The number of rotatable bonds is 4. The monoisotopic (exact) mass is 178 g/mol. The Balaban J connectivity index is 4.15. The molecule has 0 fully saturated rings. The largest absolute Gasteiger partial charge is 0.379 e. The molecule has 0 amide bonds. The zero-order valence-corrected chi connectivity index (χ0v) is 7.73. The quantitative estimate of drug-likeness (QED) is 0.399. The molecule has 5 nitrogen and oxygen atoms in total. The molecular weight excluding hydrogens is 160 g/mol. The van der Waals surface area contributed by atoms with E-state index in [1.807, 2.05) is 0 Å². The van der Waals surface area contributed by atoms with Crippen LogP contribution < -0.4 is 5.73 Å². The highest BCUT2D eigenvalue weighted by molar-refractivity contribution is 4.71. The van der Waals surface area contributed by atoms with Crippen molar-refractivity contribution in [3.05, 3.63) is 0 Å². The van der Waals surface area contributed by atoms with Gasteiger partial charge in [-0.1, -0.05) is 0 Å². The minimum atomic E-state index is -1.41. The summed E-state index contributed by atoms with van der Waals surface area (Å²) >= 11 is 0. The molecule has 74 valence electrons. The summed E-state index contributed by atoms with van der Waals surface area (Å²) in [7, 11) is 0. The number of nitrogens with zero attached hydrogens (tertiary/aromatic N) is 1. The summed E-state index contributed by atoms with van der Waals surface area (Å²) in [6.45, 7) is 4.42. The van der Waals surface area contributed by atoms with E-state index in [2.05, 4.69) is 0 Å². The molecule has 0 aromatic carbocycles. The van der Waals surface area contributed by atoms with E-state index >= 15 is 0 Å². The van der Waals surface area contributed by atoms with Crippen molar-refractivity contribution < 1.29 is 15.3 Å². The average Bonchev–Trinajstić information content (AvgIpc) is 1.79. The maximum Gasteiger partial charge on any atom is 0.123 e. The Bertz CT molecular complexity index is 123. The molecule has 0 spiro atoms. The molecule has 0 aliphatic heterocycles. The SMILES string of the molecule is CC(O)N(CC(C)(N)O)C(C)O.